The van der Waals surface area contributed by atoms with Crippen molar-refractivity contribution in [3.05, 3.63) is 66.2 Å². The normalized spacial score (nSPS) is 11.9. The fraction of sp³-hybridized carbons (Fsp3) is 0.158. The van der Waals surface area contributed by atoms with Crippen LogP contribution in [0.25, 0.3) is 11.3 Å². The molecule has 0 aliphatic heterocycles. The van der Waals surface area contributed by atoms with E-state index in [9.17, 15) is 10.2 Å². The van der Waals surface area contributed by atoms with Gasteiger partial charge in [-0.05, 0) is 17.7 Å². The van der Waals surface area contributed by atoms with Crippen molar-refractivity contribution in [2.75, 3.05) is 12.3 Å². The zero-order chi connectivity index (χ0) is 17.6. The molecule has 128 valence electrons. The van der Waals surface area contributed by atoms with E-state index in [0.717, 1.165) is 5.56 Å². The minimum atomic E-state index is -0.467. The molecule has 25 heavy (non-hydrogen) atoms. The van der Waals surface area contributed by atoms with Crippen molar-refractivity contribution in [1.82, 2.24) is 10.2 Å². The molecule has 6 heteroatoms. The van der Waals surface area contributed by atoms with Gasteiger partial charge in [-0.3, -0.25) is 0 Å². The first kappa shape index (κ1) is 16.7. The predicted octanol–water partition coefficient (Wildman–Crippen LogP) is 2.41. The maximum atomic E-state index is 9.97. The van der Waals surface area contributed by atoms with Gasteiger partial charge in [-0.2, -0.15) is 0 Å². The molecule has 0 aliphatic carbocycles. The first-order valence-electron chi connectivity index (χ1n) is 7.90. The molecule has 0 radical (unpaired) electrons. The maximum absolute atomic E-state index is 9.97. The van der Waals surface area contributed by atoms with Crippen molar-refractivity contribution in [2.24, 2.45) is 0 Å². The Morgan fingerprint density at radius 3 is 2.44 bits per heavy atom. The van der Waals surface area contributed by atoms with E-state index < -0.39 is 6.10 Å². The van der Waals surface area contributed by atoms with Crippen LogP contribution in [0.2, 0.25) is 0 Å². The van der Waals surface area contributed by atoms with Gasteiger partial charge in [-0.15, -0.1) is 10.2 Å². The van der Waals surface area contributed by atoms with Gasteiger partial charge in [0.25, 0.3) is 0 Å². The standard InChI is InChI=1S/C19H19N3O3/c20-19-18(25-14(12-23)10-13-6-2-1-3-7-13)11-16(21-22-19)15-8-4-5-9-17(15)24/h1-9,11,14,23-24H,10,12H2,(H2,20,22). The smallest absolute Gasteiger partial charge is 0.188 e. The van der Waals surface area contributed by atoms with Crippen LogP contribution in [0.5, 0.6) is 11.5 Å². The lowest BCUT2D eigenvalue weighted by molar-refractivity contribution is 0.116. The zero-order valence-corrected chi connectivity index (χ0v) is 13.5. The minimum absolute atomic E-state index is 0.0931. The second-order valence-electron chi connectivity index (χ2n) is 5.61. The number of aliphatic hydroxyl groups excluding tert-OH is 1. The van der Waals surface area contributed by atoms with Gasteiger partial charge in [-0.1, -0.05) is 42.5 Å². The number of rotatable bonds is 6. The number of nitrogen functional groups attached to an aromatic ring is 1. The Hall–Kier alpha value is -3.12. The molecular formula is C19H19N3O3. The molecule has 2 aromatic carbocycles. The van der Waals surface area contributed by atoms with E-state index in [1.165, 1.54) is 0 Å². The quantitative estimate of drug-likeness (QED) is 0.638. The molecule has 0 saturated carbocycles. The molecule has 1 unspecified atom stereocenters. The Morgan fingerprint density at radius 1 is 1.00 bits per heavy atom. The number of nitrogens with zero attached hydrogens (tertiary/aromatic N) is 2. The first-order valence-corrected chi connectivity index (χ1v) is 7.90. The van der Waals surface area contributed by atoms with E-state index in [2.05, 4.69) is 10.2 Å². The highest BCUT2D eigenvalue weighted by atomic mass is 16.5. The third-order valence-corrected chi connectivity index (χ3v) is 3.77. The summed E-state index contributed by atoms with van der Waals surface area (Å²) < 4.78 is 5.84. The van der Waals surface area contributed by atoms with E-state index in [0.29, 0.717) is 23.4 Å². The van der Waals surface area contributed by atoms with Crippen molar-refractivity contribution in [2.45, 2.75) is 12.5 Å². The summed E-state index contributed by atoms with van der Waals surface area (Å²) in [6, 6.07) is 18.2. The fourth-order valence-electron chi connectivity index (χ4n) is 2.50. The Balaban J connectivity index is 1.84. The second kappa shape index (κ2) is 7.63. The Morgan fingerprint density at radius 2 is 1.72 bits per heavy atom. The molecular weight excluding hydrogens is 318 g/mol. The number of para-hydroxylation sites is 1. The fourth-order valence-corrected chi connectivity index (χ4v) is 2.50. The van der Waals surface area contributed by atoms with Crippen LogP contribution >= 0.6 is 0 Å². The molecule has 1 aromatic heterocycles. The van der Waals surface area contributed by atoms with Gasteiger partial charge in [0, 0.05) is 18.1 Å². The van der Waals surface area contributed by atoms with E-state index in [4.69, 9.17) is 10.5 Å². The topological polar surface area (TPSA) is 101 Å². The van der Waals surface area contributed by atoms with Gasteiger partial charge in [0.2, 0.25) is 0 Å². The summed E-state index contributed by atoms with van der Waals surface area (Å²) in [6.45, 7) is -0.164. The van der Waals surface area contributed by atoms with Crippen LogP contribution < -0.4 is 10.5 Å². The number of ether oxygens (including phenoxy) is 1. The molecule has 4 N–H and O–H groups in total. The van der Waals surface area contributed by atoms with Gasteiger partial charge in [-0.25, -0.2) is 0 Å². The molecule has 0 bridgehead atoms. The summed E-state index contributed by atoms with van der Waals surface area (Å²) >= 11 is 0. The van der Waals surface area contributed by atoms with Gasteiger partial charge in [0.1, 0.15) is 17.5 Å². The molecule has 3 aromatic rings. The van der Waals surface area contributed by atoms with E-state index in [1.807, 2.05) is 30.3 Å². The molecule has 0 fully saturated rings. The maximum Gasteiger partial charge on any atom is 0.188 e. The second-order valence-corrected chi connectivity index (χ2v) is 5.61. The van der Waals surface area contributed by atoms with Gasteiger partial charge in [0.15, 0.2) is 11.6 Å². The molecule has 0 amide bonds. The summed E-state index contributed by atoms with van der Waals surface area (Å²) in [4.78, 5) is 0. The van der Waals surface area contributed by atoms with E-state index >= 15 is 0 Å². The van der Waals surface area contributed by atoms with Gasteiger partial charge < -0.3 is 20.7 Å². The summed E-state index contributed by atoms with van der Waals surface area (Å²) in [5, 5.41) is 27.5. The van der Waals surface area contributed by atoms with Crippen LogP contribution in [0.15, 0.2) is 60.7 Å². The monoisotopic (exact) mass is 337 g/mol. The number of aliphatic hydroxyl groups is 1. The number of phenols is 1. The minimum Gasteiger partial charge on any atom is -0.507 e. The van der Waals surface area contributed by atoms with Crippen LogP contribution in [0.3, 0.4) is 0 Å². The average Bonchev–Trinajstić information content (AvgIpc) is 2.64. The summed E-state index contributed by atoms with van der Waals surface area (Å²) in [5.74, 6) is 0.546. The number of nitrogens with two attached hydrogens (primary N) is 1. The number of benzene rings is 2. The predicted molar refractivity (Wildman–Crippen MR) is 95.2 cm³/mol. The van der Waals surface area contributed by atoms with E-state index in [-0.39, 0.29) is 18.2 Å². The van der Waals surface area contributed by atoms with Crippen LogP contribution in [-0.4, -0.2) is 33.1 Å². The Labute approximate surface area is 145 Å². The van der Waals surface area contributed by atoms with Crippen LogP contribution in [0.1, 0.15) is 5.56 Å². The lowest BCUT2D eigenvalue weighted by Crippen LogP contribution is -2.24. The van der Waals surface area contributed by atoms with Crippen molar-refractivity contribution in [3.8, 4) is 22.8 Å². The van der Waals surface area contributed by atoms with Crippen LogP contribution in [0, 0.1) is 0 Å². The third-order valence-electron chi connectivity index (χ3n) is 3.77. The van der Waals surface area contributed by atoms with Crippen LogP contribution in [-0.2, 0) is 6.42 Å². The molecule has 0 spiro atoms. The molecule has 1 atom stereocenters. The Bertz CT molecular complexity index is 840. The van der Waals surface area contributed by atoms with Gasteiger partial charge >= 0.3 is 0 Å². The average molecular weight is 337 g/mol. The number of anilines is 1. The molecule has 6 nitrogen and oxygen atoms in total. The lowest BCUT2D eigenvalue weighted by atomic mass is 10.1. The third kappa shape index (κ3) is 4.05. The zero-order valence-electron chi connectivity index (χ0n) is 13.5. The SMILES string of the molecule is Nc1nnc(-c2ccccc2O)cc1OC(CO)Cc1ccccc1. The summed E-state index contributed by atoms with van der Waals surface area (Å²) in [7, 11) is 0. The highest BCUT2D eigenvalue weighted by molar-refractivity contribution is 5.68. The van der Waals surface area contributed by atoms with Crippen LogP contribution in [0.4, 0.5) is 5.82 Å². The van der Waals surface area contributed by atoms with Crippen molar-refractivity contribution >= 4 is 5.82 Å². The summed E-state index contributed by atoms with van der Waals surface area (Å²) in [6.07, 6.45) is 0.0662. The molecule has 1 heterocycles. The Kier molecular flexibility index (Phi) is 5.11. The highest BCUT2D eigenvalue weighted by Crippen LogP contribution is 2.31. The first-order chi connectivity index (χ1) is 12.2. The number of phenolic OH excluding ortho intramolecular Hbond substituents is 1. The molecule has 0 saturated heterocycles. The van der Waals surface area contributed by atoms with Gasteiger partial charge in [0.05, 0.1) is 6.61 Å². The van der Waals surface area contributed by atoms with E-state index in [1.54, 1.807) is 30.3 Å². The molecule has 3 rings (SSSR count). The number of hydrogen-bond acceptors (Lipinski definition) is 6. The largest absolute Gasteiger partial charge is 0.507 e. The van der Waals surface area contributed by atoms with Crippen molar-refractivity contribution in [3.63, 3.8) is 0 Å². The lowest BCUT2D eigenvalue weighted by Gasteiger charge is -2.18. The summed E-state index contributed by atoms with van der Waals surface area (Å²) in [5.41, 5.74) is 7.88. The van der Waals surface area contributed by atoms with Crippen molar-refractivity contribution < 1.29 is 14.9 Å². The highest BCUT2D eigenvalue weighted by Gasteiger charge is 2.15. The molecule has 0 aliphatic rings. The number of hydrogen-bond donors (Lipinski definition) is 3. The number of aromatic nitrogens is 2. The number of aromatic hydroxyl groups is 1. The van der Waals surface area contributed by atoms with Crippen molar-refractivity contribution in [1.29, 1.82) is 0 Å².